The normalized spacial score (nSPS) is 19.8. The van der Waals surface area contributed by atoms with Gasteiger partial charge in [0, 0.05) is 0 Å². The van der Waals surface area contributed by atoms with Crippen LogP contribution in [0.15, 0.2) is 109 Å². The summed E-state index contributed by atoms with van der Waals surface area (Å²) in [5, 5.41) is 1.63. The first kappa shape index (κ1) is 26.3. The molecule has 8 heteroatoms. The van der Waals surface area contributed by atoms with E-state index in [1.165, 1.54) is 4.90 Å². The molecule has 0 aliphatic carbocycles. The third kappa shape index (κ3) is 5.05. The van der Waals surface area contributed by atoms with Gasteiger partial charge in [0.25, 0.3) is 5.91 Å². The van der Waals surface area contributed by atoms with Gasteiger partial charge in [0.1, 0.15) is 17.4 Å². The minimum absolute atomic E-state index is 0.342. The molecule has 2 amide bonds. The lowest BCUT2D eigenvalue weighted by Crippen LogP contribution is -2.37. The van der Waals surface area contributed by atoms with Crippen LogP contribution in [0.1, 0.15) is 35.3 Å². The molecule has 0 bridgehead atoms. The van der Waals surface area contributed by atoms with Crippen LogP contribution in [0, 0.1) is 5.92 Å². The first-order valence-corrected chi connectivity index (χ1v) is 13.5. The average molecular weight is 549 g/mol. The molecular weight excluding hydrogens is 520 g/mol. The fraction of sp³-hybridized carbons (Fsp3) is 0.182. The van der Waals surface area contributed by atoms with Gasteiger partial charge < -0.3 is 9.47 Å². The molecule has 2 aliphatic heterocycles. The Kier molecular flexibility index (Phi) is 7.22. The largest absolute Gasteiger partial charge is 0.494 e. The third-order valence-electron chi connectivity index (χ3n) is 7.14. The van der Waals surface area contributed by atoms with Crippen molar-refractivity contribution >= 4 is 29.2 Å². The van der Waals surface area contributed by atoms with Gasteiger partial charge in [0.15, 0.2) is 6.10 Å². The van der Waals surface area contributed by atoms with Crippen LogP contribution in [0.3, 0.4) is 0 Å². The third-order valence-corrected chi connectivity index (χ3v) is 7.14. The highest BCUT2D eigenvalue weighted by molar-refractivity contribution is 6.24. The van der Waals surface area contributed by atoms with Crippen LogP contribution in [0.25, 0.3) is 0 Å². The highest BCUT2D eigenvalue weighted by Crippen LogP contribution is 2.47. The van der Waals surface area contributed by atoms with Crippen molar-refractivity contribution in [2.45, 2.75) is 25.5 Å². The molecule has 8 nitrogen and oxygen atoms in total. The monoisotopic (exact) mass is 548 g/mol. The van der Waals surface area contributed by atoms with Gasteiger partial charge >= 0.3 is 5.97 Å². The maximum Gasteiger partial charge on any atom is 0.343 e. The maximum atomic E-state index is 13.9. The number of anilines is 2. The number of carbonyl (C=O) groups is 3. The summed E-state index contributed by atoms with van der Waals surface area (Å²) in [6, 6.07) is 31.4. The van der Waals surface area contributed by atoms with Gasteiger partial charge in [-0.15, -0.1) is 0 Å². The molecule has 2 saturated heterocycles. The summed E-state index contributed by atoms with van der Waals surface area (Å²) in [4.78, 5) is 47.4. The summed E-state index contributed by atoms with van der Waals surface area (Å²) in [6.45, 7) is 2.61. The van der Waals surface area contributed by atoms with E-state index in [0.29, 0.717) is 29.4 Å². The van der Waals surface area contributed by atoms with Crippen LogP contribution < -0.4 is 19.4 Å². The van der Waals surface area contributed by atoms with Crippen molar-refractivity contribution < 1.29 is 28.7 Å². The Labute approximate surface area is 237 Å². The van der Waals surface area contributed by atoms with Crippen molar-refractivity contribution in [2.24, 2.45) is 5.92 Å². The highest BCUT2D eigenvalue weighted by Gasteiger charge is 2.60. The molecule has 2 heterocycles. The molecular formula is C33H28N2O6. The van der Waals surface area contributed by atoms with E-state index in [4.69, 9.17) is 14.3 Å². The summed E-state index contributed by atoms with van der Waals surface area (Å²) in [5.74, 6) is -0.968. The van der Waals surface area contributed by atoms with Crippen LogP contribution in [-0.4, -0.2) is 30.5 Å². The number of hydrogen-bond acceptors (Lipinski definition) is 7. The van der Waals surface area contributed by atoms with E-state index in [2.05, 4.69) is 0 Å². The van der Waals surface area contributed by atoms with Gasteiger partial charge in [-0.25, -0.2) is 14.8 Å². The Bertz CT molecular complexity index is 1540. The Morgan fingerprint density at radius 2 is 1.39 bits per heavy atom. The summed E-state index contributed by atoms with van der Waals surface area (Å²) in [7, 11) is 0. The number of imide groups is 1. The molecule has 0 radical (unpaired) electrons. The Balaban J connectivity index is 1.29. The number of fused-ring (bicyclic) bond motifs is 1. The number of nitrogens with zero attached hydrogens (tertiary/aromatic N) is 2. The molecule has 0 aromatic heterocycles. The molecule has 3 unspecified atom stereocenters. The smallest absolute Gasteiger partial charge is 0.343 e. The topological polar surface area (TPSA) is 85.4 Å². The van der Waals surface area contributed by atoms with Crippen molar-refractivity contribution in [3.63, 3.8) is 0 Å². The molecule has 0 N–H and O–H groups in total. The standard InChI is InChI=1S/C33H28N2O6/c1-2-21-39-26-19-15-24(16-20-26)34-31(36)28-29(35(41-30(28)32(34)37)25-11-7-4-8-12-25)22-13-17-27(18-14-22)40-33(38)23-9-5-3-6-10-23/h3-20,28-30H,2,21H2,1H3. The number of rotatable bonds is 8. The zero-order chi connectivity index (χ0) is 28.3. The predicted molar refractivity (Wildman–Crippen MR) is 153 cm³/mol. The number of para-hydroxylation sites is 1. The van der Waals surface area contributed by atoms with Crippen molar-refractivity contribution in [1.82, 2.24) is 0 Å². The van der Waals surface area contributed by atoms with E-state index >= 15 is 0 Å². The molecule has 2 fully saturated rings. The zero-order valence-corrected chi connectivity index (χ0v) is 22.4. The van der Waals surface area contributed by atoms with Gasteiger partial charge in [-0.1, -0.05) is 55.5 Å². The first-order chi connectivity index (χ1) is 20.0. The lowest BCUT2D eigenvalue weighted by molar-refractivity contribution is -0.126. The van der Waals surface area contributed by atoms with Gasteiger partial charge in [-0.05, 0) is 72.6 Å². The molecule has 0 saturated carbocycles. The molecule has 6 rings (SSSR count). The summed E-state index contributed by atoms with van der Waals surface area (Å²) < 4.78 is 11.2. The predicted octanol–water partition coefficient (Wildman–Crippen LogP) is 5.75. The maximum absolute atomic E-state index is 13.9. The second-order valence-electron chi connectivity index (χ2n) is 9.84. The summed E-state index contributed by atoms with van der Waals surface area (Å²) >= 11 is 0. The molecule has 2 aliphatic rings. The molecule has 206 valence electrons. The van der Waals surface area contributed by atoms with Crippen LogP contribution in [0.2, 0.25) is 0 Å². The lowest BCUT2D eigenvalue weighted by atomic mass is 9.90. The fourth-order valence-corrected chi connectivity index (χ4v) is 5.19. The van der Waals surface area contributed by atoms with Crippen LogP contribution in [0.4, 0.5) is 11.4 Å². The van der Waals surface area contributed by atoms with Gasteiger partial charge in [0.2, 0.25) is 5.91 Å². The molecule has 3 atom stereocenters. The first-order valence-electron chi connectivity index (χ1n) is 13.5. The number of ether oxygens (including phenoxy) is 2. The van der Waals surface area contributed by atoms with E-state index < -0.39 is 29.9 Å². The molecule has 4 aromatic rings. The number of esters is 1. The Morgan fingerprint density at radius 1 is 0.756 bits per heavy atom. The van der Waals surface area contributed by atoms with Crippen molar-refractivity contribution in [3.05, 3.63) is 120 Å². The minimum atomic E-state index is -0.987. The average Bonchev–Trinajstić information content (AvgIpc) is 3.53. The molecule has 0 spiro atoms. The van der Waals surface area contributed by atoms with Gasteiger partial charge in [0.05, 0.1) is 29.6 Å². The molecule has 41 heavy (non-hydrogen) atoms. The SMILES string of the molecule is CCCOc1ccc(N2C(=O)C3ON(c4ccccc4)C(c4ccc(OC(=O)c5ccccc5)cc4)C3C2=O)cc1. The number of benzene rings is 4. The number of amides is 2. The van der Waals surface area contributed by atoms with E-state index in [9.17, 15) is 14.4 Å². The number of carbonyl (C=O) groups excluding carboxylic acids is 3. The lowest BCUT2D eigenvalue weighted by Gasteiger charge is -2.28. The molecule has 4 aromatic carbocycles. The van der Waals surface area contributed by atoms with Crippen molar-refractivity contribution in [1.29, 1.82) is 0 Å². The van der Waals surface area contributed by atoms with Crippen molar-refractivity contribution in [3.8, 4) is 11.5 Å². The van der Waals surface area contributed by atoms with E-state index in [1.54, 1.807) is 77.9 Å². The highest BCUT2D eigenvalue weighted by atomic mass is 16.7. The van der Waals surface area contributed by atoms with Crippen LogP contribution >= 0.6 is 0 Å². The summed E-state index contributed by atoms with van der Waals surface area (Å²) in [6.07, 6.45) is -0.110. The van der Waals surface area contributed by atoms with Gasteiger partial charge in [-0.3, -0.25) is 14.4 Å². The second-order valence-corrected chi connectivity index (χ2v) is 9.84. The van der Waals surface area contributed by atoms with Crippen LogP contribution in [-0.2, 0) is 14.4 Å². The number of hydroxylamine groups is 1. The Hall–Kier alpha value is -4.95. The Morgan fingerprint density at radius 3 is 2.05 bits per heavy atom. The summed E-state index contributed by atoms with van der Waals surface area (Å²) in [5.41, 5.74) is 2.37. The quantitative estimate of drug-likeness (QED) is 0.158. The van der Waals surface area contributed by atoms with Crippen LogP contribution in [0.5, 0.6) is 11.5 Å². The fourth-order valence-electron chi connectivity index (χ4n) is 5.19. The van der Waals surface area contributed by atoms with E-state index in [0.717, 1.165) is 17.7 Å². The minimum Gasteiger partial charge on any atom is -0.494 e. The zero-order valence-electron chi connectivity index (χ0n) is 22.4. The van der Waals surface area contributed by atoms with Crippen molar-refractivity contribution in [2.75, 3.05) is 16.6 Å². The second kappa shape index (κ2) is 11.3. The van der Waals surface area contributed by atoms with E-state index in [-0.39, 0.29) is 5.91 Å². The van der Waals surface area contributed by atoms with Gasteiger partial charge in [-0.2, -0.15) is 0 Å². The number of hydrogen-bond donors (Lipinski definition) is 0. The van der Waals surface area contributed by atoms with E-state index in [1.807, 2.05) is 43.3 Å².